The zero-order chi connectivity index (χ0) is 32.5. The van der Waals surface area contributed by atoms with Gasteiger partial charge in [0.2, 0.25) is 12.3 Å². The first-order chi connectivity index (χ1) is 22.8. The number of nitrogens with one attached hydrogen (secondary N) is 4. The second kappa shape index (κ2) is 13.5. The molecule has 244 valence electrons. The largest absolute Gasteiger partial charge is 0.341 e. The number of aromatic amines is 2. The maximum absolute atomic E-state index is 13.7. The Morgan fingerprint density at radius 1 is 0.872 bits per heavy atom. The third kappa shape index (κ3) is 6.90. The Balaban J connectivity index is 0.993. The van der Waals surface area contributed by atoms with Crippen molar-refractivity contribution in [3.05, 3.63) is 83.7 Å². The van der Waals surface area contributed by atoms with Crippen LogP contribution in [0.4, 0.5) is 0 Å². The lowest BCUT2D eigenvalue weighted by Gasteiger charge is -2.35. The van der Waals surface area contributed by atoms with Gasteiger partial charge in [0.15, 0.2) is 6.79 Å². The van der Waals surface area contributed by atoms with Crippen LogP contribution in [0.2, 0.25) is 0 Å². The maximum Gasteiger partial charge on any atom is 0.240 e. The molecule has 0 aliphatic carbocycles. The van der Waals surface area contributed by atoms with Crippen molar-refractivity contribution in [2.75, 3.05) is 19.9 Å². The molecule has 10 heteroatoms. The highest BCUT2D eigenvalue weighted by atomic mass is 16.9. The second-order valence-corrected chi connectivity index (χ2v) is 13.6. The number of likely N-dealkylation sites (tertiary alicyclic amines) is 1. The summed E-state index contributed by atoms with van der Waals surface area (Å²) in [4.78, 5) is 32.0. The summed E-state index contributed by atoms with van der Waals surface area (Å²) in [6.07, 6.45) is 5.20. The molecule has 47 heavy (non-hydrogen) atoms. The number of carbonyl (C=O) groups excluding carboxylic acids is 1. The highest BCUT2D eigenvalue weighted by molar-refractivity contribution is 5.83. The van der Waals surface area contributed by atoms with Crippen LogP contribution in [-0.2, 0) is 14.3 Å². The summed E-state index contributed by atoms with van der Waals surface area (Å²) in [7, 11) is 0. The summed E-state index contributed by atoms with van der Waals surface area (Å²) in [5.74, 6) is 9.56. The van der Waals surface area contributed by atoms with Gasteiger partial charge in [-0.1, -0.05) is 63.8 Å². The minimum atomic E-state index is -0.530. The van der Waals surface area contributed by atoms with Crippen molar-refractivity contribution in [2.24, 2.45) is 17.8 Å². The summed E-state index contributed by atoms with van der Waals surface area (Å²) >= 11 is 0. The average molecular weight is 634 g/mol. The number of ether oxygens (including phenoxy) is 2. The van der Waals surface area contributed by atoms with Gasteiger partial charge in [-0.2, -0.15) is 0 Å². The van der Waals surface area contributed by atoms with Crippen molar-refractivity contribution < 1.29 is 14.3 Å². The Bertz CT molecular complexity index is 1750. The molecule has 3 fully saturated rings. The van der Waals surface area contributed by atoms with Gasteiger partial charge >= 0.3 is 0 Å². The van der Waals surface area contributed by atoms with Gasteiger partial charge in [0.1, 0.15) is 11.6 Å². The zero-order valence-electron chi connectivity index (χ0n) is 27.4. The normalized spacial score (nSPS) is 23.5. The number of hydrogen-bond donors (Lipinski definition) is 4. The number of rotatable bonds is 8. The Kier molecular flexibility index (Phi) is 8.97. The van der Waals surface area contributed by atoms with E-state index in [-0.39, 0.29) is 24.7 Å². The predicted molar refractivity (Wildman–Crippen MR) is 179 cm³/mol. The van der Waals surface area contributed by atoms with E-state index in [0.717, 1.165) is 64.7 Å². The van der Waals surface area contributed by atoms with E-state index in [1.807, 2.05) is 55.4 Å². The standard InChI is InChI=1S/C37H43N7O3/c1-22(2)33(43-37-46-21-47-37)36(45)44-20-24(4)16-32(44)35-40-19-31(42-35)28-13-9-26(10-14-28)6-5-25-7-11-27(12-8-25)30-18-39-34(41-30)29-15-23(3)17-38-29/h7-14,18-19,22-24,29,32-33,37-38,43H,15-17,20-21H2,1-4H3,(H,39,41)(H,40,42)/t23-,24-,29-,32-,33-/m0/s1. The number of H-pyrrole nitrogens is 2. The number of carbonyl (C=O) groups is 1. The van der Waals surface area contributed by atoms with Gasteiger partial charge in [-0.05, 0) is 72.5 Å². The van der Waals surface area contributed by atoms with Crippen molar-refractivity contribution in [1.82, 2.24) is 35.5 Å². The molecule has 3 aliphatic heterocycles. The molecule has 5 atom stereocenters. The third-order valence-corrected chi connectivity index (χ3v) is 9.41. The monoisotopic (exact) mass is 633 g/mol. The summed E-state index contributed by atoms with van der Waals surface area (Å²) < 4.78 is 10.7. The highest BCUT2D eigenvalue weighted by Crippen LogP contribution is 2.36. The third-order valence-electron chi connectivity index (χ3n) is 9.41. The number of nitrogens with zero attached hydrogens (tertiary/aromatic N) is 3. The van der Waals surface area contributed by atoms with Crippen LogP contribution in [0, 0.1) is 29.6 Å². The van der Waals surface area contributed by atoms with Crippen molar-refractivity contribution in [1.29, 1.82) is 0 Å². The van der Waals surface area contributed by atoms with Crippen LogP contribution in [0.5, 0.6) is 0 Å². The zero-order valence-corrected chi connectivity index (χ0v) is 27.4. The topological polar surface area (TPSA) is 120 Å². The van der Waals surface area contributed by atoms with E-state index in [2.05, 4.69) is 75.5 Å². The number of imidazole rings is 2. The van der Waals surface area contributed by atoms with E-state index >= 15 is 0 Å². The van der Waals surface area contributed by atoms with Gasteiger partial charge in [-0.15, -0.1) is 0 Å². The van der Waals surface area contributed by atoms with Gasteiger partial charge in [0.25, 0.3) is 0 Å². The van der Waals surface area contributed by atoms with Crippen LogP contribution in [-0.4, -0.2) is 63.1 Å². The summed E-state index contributed by atoms with van der Waals surface area (Å²) in [5.41, 5.74) is 5.93. The molecule has 0 unspecified atom stereocenters. The molecule has 0 bridgehead atoms. The first-order valence-corrected chi connectivity index (χ1v) is 16.7. The number of aromatic nitrogens is 4. The van der Waals surface area contributed by atoms with Crippen LogP contribution in [0.15, 0.2) is 60.9 Å². The number of amides is 1. The Hall–Kier alpha value is -4.27. The fraction of sp³-hybridized carbons (Fsp3) is 0.432. The van der Waals surface area contributed by atoms with E-state index in [1.165, 1.54) is 0 Å². The number of hydrogen-bond acceptors (Lipinski definition) is 7. The molecule has 4 aromatic rings. The molecule has 0 spiro atoms. The highest BCUT2D eigenvalue weighted by Gasteiger charge is 2.40. The summed E-state index contributed by atoms with van der Waals surface area (Å²) in [6, 6.07) is 16.2. The average Bonchev–Trinajstić information content (AvgIpc) is 3.87. The molecule has 2 aromatic heterocycles. The van der Waals surface area contributed by atoms with Crippen molar-refractivity contribution in [2.45, 2.75) is 65.1 Å². The molecule has 7 rings (SSSR count). The Labute approximate surface area is 276 Å². The molecular formula is C37H43N7O3. The van der Waals surface area contributed by atoms with Crippen molar-refractivity contribution in [3.8, 4) is 34.4 Å². The molecule has 0 saturated carbocycles. The van der Waals surface area contributed by atoms with Gasteiger partial charge in [0.05, 0.1) is 41.9 Å². The van der Waals surface area contributed by atoms with Gasteiger partial charge < -0.3 is 29.7 Å². The van der Waals surface area contributed by atoms with E-state index in [4.69, 9.17) is 14.5 Å². The van der Waals surface area contributed by atoms with Gasteiger partial charge in [-0.3, -0.25) is 10.1 Å². The van der Waals surface area contributed by atoms with E-state index in [0.29, 0.717) is 24.4 Å². The molecule has 3 aliphatic rings. The van der Waals surface area contributed by atoms with E-state index < -0.39 is 12.5 Å². The molecule has 1 amide bonds. The second-order valence-electron chi connectivity index (χ2n) is 13.6. The SMILES string of the molecule is CC(C)[C@H](NC1OCO1)C(=O)N1C[C@@H](C)C[C@H]1c1ncc(-c2ccc(C#Cc3ccc(-c4cnc([C@@H]5C[C@H](C)CN5)[nH]4)cc3)cc2)[nH]1. The van der Waals surface area contributed by atoms with Crippen LogP contribution < -0.4 is 10.6 Å². The van der Waals surface area contributed by atoms with Crippen LogP contribution >= 0.6 is 0 Å². The lowest BCUT2D eigenvalue weighted by molar-refractivity contribution is -0.335. The van der Waals surface area contributed by atoms with Crippen LogP contribution in [0.1, 0.15) is 75.4 Å². The lowest BCUT2D eigenvalue weighted by atomic mass is 10.0. The molecule has 4 N–H and O–H groups in total. The quantitative estimate of drug-likeness (QED) is 0.193. The predicted octanol–water partition coefficient (Wildman–Crippen LogP) is 5.35. The number of benzene rings is 2. The lowest BCUT2D eigenvalue weighted by Crippen LogP contribution is -2.56. The van der Waals surface area contributed by atoms with Crippen molar-refractivity contribution in [3.63, 3.8) is 0 Å². The molecule has 3 saturated heterocycles. The minimum Gasteiger partial charge on any atom is -0.341 e. The fourth-order valence-electron chi connectivity index (χ4n) is 6.70. The first kappa shape index (κ1) is 31.3. The van der Waals surface area contributed by atoms with Gasteiger partial charge in [0, 0.05) is 17.7 Å². The van der Waals surface area contributed by atoms with E-state index in [1.54, 1.807) is 0 Å². The minimum absolute atomic E-state index is 0.0472. The maximum atomic E-state index is 13.7. The van der Waals surface area contributed by atoms with Crippen LogP contribution in [0.25, 0.3) is 22.5 Å². The van der Waals surface area contributed by atoms with Gasteiger partial charge in [-0.25, -0.2) is 9.97 Å². The molecule has 5 heterocycles. The fourth-order valence-corrected chi connectivity index (χ4v) is 6.70. The summed E-state index contributed by atoms with van der Waals surface area (Å²) in [5, 5.41) is 6.75. The Morgan fingerprint density at radius 3 is 2.00 bits per heavy atom. The smallest absolute Gasteiger partial charge is 0.240 e. The van der Waals surface area contributed by atoms with E-state index in [9.17, 15) is 4.79 Å². The molecule has 10 nitrogen and oxygen atoms in total. The molecule has 0 radical (unpaired) electrons. The molecule has 2 aromatic carbocycles. The summed E-state index contributed by atoms with van der Waals surface area (Å²) in [6.45, 7) is 10.5. The van der Waals surface area contributed by atoms with Crippen LogP contribution in [0.3, 0.4) is 0 Å². The molecular weight excluding hydrogens is 590 g/mol. The first-order valence-electron chi connectivity index (χ1n) is 16.7. The van der Waals surface area contributed by atoms with Crippen molar-refractivity contribution >= 4 is 5.91 Å². The Morgan fingerprint density at radius 2 is 1.47 bits per heavy atom.